The molecular weight excluding hydrogens is 193 g/mol. The summed E-state index contributed by atoms with van der Waals surface area (Å²) in [5.74, 6) is 0. The quantitative estimate of drug-likeness (QED) is 0.420. The molecule has 0 atom stereocenters. The molecule has 1 aliphatic rings. The molecule has 0 bridgehead atoms. The van der Waals surface area contributed by atoms with Gasteiger partial charge in [0.15, 0.2) is 0 Å². The van der Waals surface area contributed by atoms with E-state index in [9.17, 15) is 0 Å². The molecule has 0 aromatic rings. The van der Waals surface area contributed by atoms with Gasteiger partial charge in [0, 0.05) is 0 Å². The van der Waals surface area contributed by atoms with Crippen molar-refractivity contribution in [2.75, 3.05) is 0 Å². The molecule has 1 heterocycles. The van der Waals surface area contributed by atoms with Gasteiger partial charge < -0.3 is 0 Å². The third kappa shape index (κ3) is 1.35. The standard InChI is InChI=1S/C4H4Ge2/c1-2-6-4-3-5-1/h1-4H. The molecule has 1 rings (SSSR count). The van der Waals surface area contributed by atoms with Gasteiger partial charge in [-0.15, -0.1) is 0 Å². The van der Waals surface area contributed by atoms with Gasteiger partial charge in [0.05, 0.1) is 0 Å². The van der Waals surface area contributed by atoms with Crippen LogP contribution in [0.1, 0.15) is 0 Å². The number of hydrogen-bond acceptors (Lipinski definition) is 0. The van der Waals surface area contributed by atoms with E-state index in [1.54, 1.807) is 0 Å². The molecule has 0 aromatic heterocycles. The Morgan fingerprint density at radius 2 is 1.00 bits per heavy atom. The molecule has 28 valence electrons. The van der Waals surface area contributed by atoms with Gasteiger partial charge >= 0.3 is 48.5 Å². The summed E-state index contributed by atoms with van der Waals surface area (Å²) in [6.45, 7) is 0. The summed E-state index contributed by atoms with van der Waals surface area (Å²) in [4.78, 5) is 9.44. The molecule has 1 aliphatic heterocycles. The van der Waals surface area contributed by atoms with E-state index in [0.717, 1.165) is 0 Å². The van der Waals surface area contributed by atoms with Crippen molar-refractivity contribution >= 4 is 48.5 Å². The molecule has 6 heavy (non-hydrogen) atoms. The topological polar surface area (TPSA) is 0 Å². The fraction of sp³-hybridized carbons (Fsp3) is 0. The first-order valence-electron chi connectivity index (χ1n) is 1.82. The molecule has 2 heteroatoms. The van der Waals surface area contributed by atoms with Gasteiger partial charge in [0.2, 0.25) is 0 Å². The van der Waals surface area contributed by atoms with Crippen molar-refractivity contribution in [3.63, 3.8) is 0 Å². The SMILES string of the molecule is [CH]1=[Ge]=[CH][CH]=[Ge]=[CH]1. The normalized spacial score (nSPS) is 13.3. The van der Waals surface area contributed by atoms with Crippen LogP contribution < -0.4 is 0 Å². The van der Waals surface area contributed by atoms with Crippen molar-refractivity contribution in [3.05, 3.63) is 0 Å². The van der Waals surface area contributed by atoms with E-state index in [1.165, 1.54) is 0 Å². The van der Waals surface area contributed by atoms with Crippen LogP contribution in [-0.2, 0) is 0 Å². The molecule has 0 radical (unpaired) electrons. The van der Waals surface area contributed by atoms with Crippen molar-refractivity contribution in [2.45, 2.75) is 0 Å². The molecule has 0 N–H and O–H groups in total. The Bertz CT molecular complexity index is 122. The summed E-state index contributed by atoms with van der Waals surface area (Å²) >= 11 is 0.556. The second kappa shape index (κ2) is 2.69. The minimum absolute atomic E-state index is 0.278. The molecule has 0 nitrogen and oxygen atoms in total. The van der Waals surface area contributed by atoms with E-state index < -0.39 is 0 Å². The third-order valence-corrected chi connectivity index (χ3v) is 6.50. The predicted octanol–water partition coefficient (Wildman–Crippen LogP) is -1.38. The molecule has 0 spiro atoms. The van der Waals surface area contributed by atoms with Crippen LogP contribution in [0.25, 0.3) is 0 Å². The van der Waals surface area contributed by atoms with Crippen LogP contribution in [0.15, 0.2) is 0 Å². The third-order valence-electron chi connectivity index (χ3n) is 0.552. The van der Waals surface area contributed by atoms with Crippen LogP contribution in [0.5, 0.6) is 0 Å². The van der Waals surface area contributed by atoms with Crippen LogP contribution in [0.3, 0.4) is 0 Å². The monoisotopic (exact) mass is 200 g/mol. The Labute approximate surface area is 48.7 Å². The van der Waals surface area contributed by atoms with Gasteiger partial charge in [-0.25, -0.2) is 0 Å². The molecule has 0 amide bonds. The molecule has 0 saturated carbocycles. The average Bonchev–Trinajstić information content (AvgIpc) is 1.72. The zero-order valence-corrected chi connectivity index (χ0v) is 7.51. The second-order valence-corrected chi connectivity index (χ2v) is 5.20. The molecule has 0 aliphatic carbocycles. The van der Waals surface area contributed by atoms with Crippen LogP contribution in [0, 0.1) is 0 Å². The van der Waals surface area contributed by atoms with E-state index in [1.807, 2.05) is 0 Å². The van der Waals surface area contributed by atoms with Crippen molar-refractivity contribution in [3.8, 4) is 0 Å². The van der Waals surface area contributed by atoms with Crippen molar-refractivity contribution in [2.24, 2.45) is 0 Å². The Balaban J connectivity index is 3.00. The van der Waals surface area contributed by atoms with E-state index >= 15 is 0 Å². The zero-order chi connectivity index (χ0) is 4.24. The Morgan fingerprint density at radius 3 is 1.17 bits per heavy atom. The summed E-state index contributed by atoms with van der Waals surface area (Å²) in [7, 11) is 0. The van der Waals surface area contributed by atoms with E-state index in [2.05, 4.69) is 19.4 Å². The van der Waals surface area contributed by atoms with Gasteiger partial charge in [0.25, 0.3) is 0 Å². The van der Waals surface area contributed by atoms with Crippen molar-refractivity contribution in [1.29, 1.82) is 0 Å². The van der Waals surface area contributed by atoms with Gasteiger partial charge in [-0.05, 0) is 0 Å². The first-order valence-corrected chi connectivity index (χ1v) is 6.67. The Morgan fingerprint density at radius 1 is 0.667 bits per heavy atom. The average molecular weight is 197 g/mol. The summed E-state index contributed by atoms with van der Waals surface area (Å²) in [6.07, 6.45) is 0. The van der Waals surface area contributed by atoms with Crippen LogP contribution >= 0.6 is 0 Å². The maximum atomic E-state index is 2.36. The Kier molecular flexibility index (Phi) is 2.12. The second-order valence-electron chi connectivity index (χ2n) is 1.00. The van der Waals surface area contributed by atoms with Gasteiger partial charge in [-0.2, -0.15) is 0 Å². The van der Waals surface area contributed by atoms with Crippen LogP contribution in [0.2, 0.25) is 0 Å². The van der Waals surface area contributed by atoms with E-state index in [0.29, 0.717) is 0 Å². The number of rotatable bonds is 0. The maximum absolute atomic E-state index is 2.36. The first-order chi connectivity index (χ1) is 3.00. The van der Waals surface area contributed by atoms with Gasteiger partial charge in [0.1, 0.15) is 0 Å². The fourth-order valence-electron chi connectivity index (χ4n) is 0.304. The van der Waals surface area contributed by atoms with Crippen molar-refractivity contribution < 1.29 is 0 Å². The summed E-state index contributed by atoms with van der Waals surface area (Å²) in [6, 6.07) is 0. The molecule has 0 fully saturated rings. The van der Waals surface area contributed by atoms with E-state index in [4.69, 9.17) is 0 Å². The molecule has 0 unspecified atom stereocenters. The molecule has 0 saturated heterocycles. The molecule has 0 aromatic carbocycles. The van der Waals surface area contributed by atoms with E-state index in [-0.39, 0.29) is 29.1 Å². The number of hydrogen-bond donors (Lipinski definition) is 0. The summed E-state index contributed by atoms with van der Waals surface area (Å²) in [5.41, 5.74) is 0. The predicted molar refractivity (Wildman–Crippen MR) is 35.8 cm³/mol. The first kappa shape index (κ1) is 4.72. The van der Waals surface area contributed by atoms with Gasteiger partial charge in [-0.1, -0.05) is 0 Å². The minimum atomic E-state index is 0.278. The van der Waals surface area contributed by atoms with Crippen LogP contribution in [0.4, 0.5) is 0 Å². The van der Waals surface area contributed by atoms with Crippen LogP contribution in [-0.4, -0.2) is 48.5 Å². The van der Waals surface area contributed by atoms with Gasteiger partial charge in [-0.3, -0.25) is 0 Å². The summed E-state index contributed by atoms with van der Waals surface area (Å²) in [5, 5.41) is 0. The zero-order valence-electron chi connectivity index (χ0n) is 3.31. The molecular formula is C4H4Ge2. The Hall–Kier alpha value is 0.566. The fourth-order valence-corrected chi connectivity index (χ4v) is 5.77. The summed E-state index contributed by atoms with van der Waals surface area (Å²) < 4.78 is 0. The van der Waals surface area contributed by atoms with Crippen molar-refractivity contribution in [1.82, 2.24) is 0 Å².